The third-order valence-corrected chi connectivity index (χ3v) is 6.58. The first-order valence-corrected chi connectivity index (χ1v) is 10.9. The molecule has 3 aromatic rings. The first kappa shape index (κ1) is 21.5. The van der Waals surface area contributed by atoms with Gasteiger partial charge in [-0.1, -0.05) is 35.9 Å². The fourth-order valence-corrected chi connectivity index (χ4v) is 4.74. The van der Waals surface area contributed by atoms with Crippen LogP contribution in [0.5, 0.6) is 0 Å². The van der Waals surface area contributed by atoms with Crippen LogP contribution < -0.4 is 9.62 Å². The van der Waals surface area contributed by atoms with Gasteiger partial charge in [0.05, 0.1) is 17.3 Å². The van der Waals surface area contributed by atoms with Gasteiger partial charge in [-0.15, -0.1) is 6.58 Å². The molecule has 1 heterocycles. The number of hydrogen-bond acceptors (Lipinski definition) is 4. The van der Waals surface area contributed by atoms with Crippen molar-refractivity contribution < 1.29 is 13.2 Å². The third-order valence-electron chi connectivity index (χ3n) is 4.30. The normalized spacial score (nSPS) is 11.0. The van der Waals surface area contributed by atoms with Crippen LogP contribution in [0.3, 0.4) is 0 Å². The Kier molecular flexibility index (Phi) is 6.87. The lowest BCUT2D eigenvalue weighted by Gasteiger charge is -2.24. The molecule has 0 unspecified atom stereocenters. The summed E-state index contributed by atoms with van der Waals surface area (Å²) in [5, 5.41) is 2.80. The molecule has 0 atom stereocenters. The Morgan fingerprint density at radius 1 is 1.10 bits per heavy atom. The molecule has 8 heteroatoms. The number of para-hydroxylation sites is 1. The quantitative estimate of drug-likeness (QED) is 0.535. The van der Waals surface area contributed by atoms with Crippen molar-refractivity contribution in [2.75, 3.05) is 10.8 Å². The minimum Gasteiger partial charge on any atom is -0.348 e. The van der Waals surface area contributed by atoms with E-state index >= 15 is 0 Å². The van der Waals surface area contributed by atoms with Crippen molar-refractivity contribution in [2.24, 2.45) is 0 Å². The summed E-state index contributed by atoms with van der Waals surface area (Å²) in [6.45, 7) is 3.99. The molecule has 0 radical (unpaired) electrons. The lowest BCUT2D eigenvalue weighted by atomic mass is 10.2. The van der Waals surface area contributed by atoms with Crippen molar-refractivity contribution >= 4 is 33.2 Å². The zero-order valence-electron chi connectivity index (χ0n) is 16.0. The van der Waals surface area contributed by atoms with Crippen LogP contribution in [0.1, 0.15) is 15.9 Å². The SMILES string of the molecule is C=CCN(c1ccccc1)S(=O)(=O)c1cc(C(=O)NCc2ccncc2)ccc1Cl. The van der Waals surface area contributed by atoms with Crippen molar-refractivity contribution in [3.8, 4) is 0 Å². The van der Waals surface area contributed by atoms with Crippen LogP contribution in [-0.2, 0) is 16.6 Å². The molecule has 2 aromatic carbocycles. The Hall–Kier alpha value is -3.16. The van der Waals surface area contributed by atoms with E-state index in [0.717, 1.165) is 5.56 Å². The molecule has 1 N–H and O–H groups in total. The van der Waals surface area contributed by atoms with E-state index in [9.17, 15) is 13.2 Å². The molecule has 154 valence electrons. The van der Waals surface area contributed by atoms with E-state index in [1.54, 1.807) is 54.9 Å². The van der Waals surface area contributed by atoms with Gasteiger partial charge in [-0.3, -0.25) is 14.1 Å². The maximum Gasteiger partial charge on any atom is 0.266 e. The van der Waals surface area contributed by atoms with E-state index in [4.69, 9.17) is 11.6 Å². The topological polar surface area (TPSA) is 79.4 Å². The molecule has 0 saturated heterocycles. The summed E-state index contributed by atoms with van der Waals surface area (Å²) in [6.07, 6.45) is 4.75. The van der Waals surface area contributed by atoms with Gasteiger partial charge >= 0.3 is 0 Å². The van der Waals surface area contributed by atoms with Gasteiger partial charge < -0.3 is 5.32 Å². The van der Waals surface area contributed by atoms with E-state index in [-0.39, 0.29) is 22.0 Å². The number of amides is 1. The van der Waals surface area contributed by atoms with E-state index in [1.807, 2.05) is 0 Å². The largest absolute Gasteiger partial charge is 0.348 e. The lowest BCUT2D eigenvalue weighted by Crippen LogP contribution is -2.31. The first-order valence-electron chi connectivity index (χ1n) is 9.09. The van der Waals surface area contributed by atoms with Crippen LogP contribution in [0, 0.1) is 0 Å². The highest BCUT2D eigenvalue weighted by Crippen LogP contribution is 2.29. The number of carbonyl (C=O) groups excluding carboxylic acids is 1. The van der Waals surface area contributed by atoms with Crippen molar-refractivity contribution in [3.63, 3.8) is 0 Å². The van der Waals surface area contributed by atoms with Crippen molar-refractivity contribution in [3.05, 3.63) is 102 Å². The summed E-state index contributed by atoms with van der Waals surface area (Å²) in [5.74, 6) is -0.407. The Morgan fingerprint density at radius 2 is 1.80 bits per heavy atom. The summed E-state index contributed by atoms with van der Waals surface area (Å²) in [7, 11) is -4.03. The van der Waals surface area contributed by atoms with E-state index in [0.29, 0.717) is 12.2 Å². The Balaban J connectivity index is 1.91. The molecule has 0 fully saturated rings. The predicted octanol–water partition coefficient (Wildman–Crippen LogP) is 4.05. The highest BCUT2D eigenvalue weighted by molar-refractivity contribution is 7.93. The van der Waals surface area contributed by atoms with Crippen LogP contribution in [-0.4, -0.2) is 25.9 Å². The van der Waals surface area contributed by atoms with Gasteiger partial charge in [0.25, 0.3) is 15.9 Å². The van der Waals surface area contributed by atoms with Gasteiger partial charge in [0.2, 0.25) is 0 Å². The summed E-state index contributed by atoms with van der Waals surface area (Å²) < 4.78 is 27.9. The number of rotatable bonds is 8. The molecule has 0 aliphatic carbocycles. The minimum atomic E-state index is -4.03. The van der Waals surface area contributed by atoms with Gasteiger partial charge in [0.15, 0.2) is 0 Å². The number of halogens is 1. The Morgan fingerprint density at radius 3 is 2.47 bits per heavy atom. The molecular weight excluding hydrogens is 422 g/mol. The first-order chi connectivity index (χ1) is 14.4. The minimum absolute atomic E-state index is 0.0330. The van der Waals surface area contributed by atoms with Crippen LogP contribution in [0.25, 0.3) is 0 Å². The number of anilines is 1. The van der Waals surface area contributed by atoms with Gasteiger partial charge in [-0.25, -0.2) is 8.42 Å². The van der Waals surface area contributed by atoms with Gasteiger partial charge in [0.1, 0.15) is 4.90 Å². The highest BCUT2D eigenvalue weighted by Gasteiger charge is 2.27. The molecule has 1 amide bonds. The molecule has 0 bridgehead atoms. The van der Waals surface area contributed by atoms with E-state index < -0.39 is 15.9 Å². The Labute approximate surface area is 180 Å². The molecule has 30 heavy (non-hydrogen) atoms. The smallest absolute Gasteiger partial charge is 0.266 e. The van der Waals surface area contributed by atoms with Crippen molar-refractivity contribution in [1.29, 1.82) is 0 Å². The number of hydrogen-bond donors (Lipinski definition) is 1. The van der Waals surface area contributed by atoms with Crippen LogP contribution >= 0.6 is 11.6 Å². The summed E-state index contributed by atoms with van der Waals surface area (Å²) in [4.78, 5) is 16.4. The third kappa shape index (κ3) is 4.87. The average molecular weight is 442 g/mol. The van der Waals surface area contributed by atoms with Crippen LogP contribution in [0.4, 0.5) is 5.69 Å². The van der Waals surface area contributed by atoms with Crippen molar-refractivity contribution in [1.82, 2.24) is 10.3 Å². The molecule has 0 aliphatic heterocycles. The fraction of sp³-hybridized carbons (Fsp3) is 0.0909. The predicted molar refractivity (Wildman–Crippen MR) is 118 cm³/mol. The second-order valence-electron chi connectivity index (χ2n) is 6.34. The average Bonchev–Trinajstić information content (AvgIpc) is 2.77. The maximum absolute atomic E-state index is 13.4. The standard InChI is InChI=1S/C22H20ClN3O3S/c1-2-14-26(19-6-4-3-5-7-19)30(28,29)21-15-18(8-9-20(21)23)22(27)25-16-17-10-12-24-13-11-17/h2-13,15H,1,14,16H2,(H,25,27). The number of carbonyl (C=O) groups is 1. The fourth-order valence-electron chi connectivity index (χ4n) is 2.80. The second kappa shape index (κ2) is 9.56. The summed E-state index contributed by atoms with van der Waals surface area (Å²) in [6, 6.07) is 16.4. The van der Waals surface area contributed by atoms with Crippen molar-refractivity contribution in [2.45, 2.75) is 11.4 Å². The van der Waals surface area contributed by atoms with E-state index in [1.165, 1.54) is 28.6 Å². The number of pyridine rings is 1. The summed E-state index contributed by atoms with van der Waals surface area (Å²) >= 11 is 6.22. The van der Waals surface area contributed by atoms with Gasteiger partial charge in [-0.2, -0.15) is 0 Å². The zero-order chi connectivity index (χ0) is 21.6. The summed E-state index contributed by atoms with van der Waals surface area (Å²) in [5.41, 5.74) is 1.54. The second-order valence-corrected chi connectivity index (χ2v) is 8.58. The molecule has 0 saturated carbocycles. The number of aromatic nitrogens is 1. The molecule has 0 aliphatic rings. The number of nitrogens with zero attached hydrogens (tertiary/aromatic N) is 2. The lowest BCUT2D eigenvalue weighted by molar-refractivity contribution is 0.0950. The highest BCUT2D eigenvalue weighted by atomic mass is 35.5. The zero-order valence-corrected chi connectivity index (χ0v) is 17.6. The monoisotopic (exact) mass is 441 g/mol. The number of sulfonamides is 1. The molecule has 0 spiro atoms. The molecule has 1 aromatic heterocycles. The Bertz CT molecular complexity index is 1140. The van der Waals surface area contributed by atoms with E-state index in [2.05, 4.69) is 16.9 Å². The van der Waals surface area contributed by atoms with Crippen LogP contribution in [0.2, 0.25) is 5.02 Å². The van der Waals surface area contributed by atoms with Gasteiger partial charge in [-0.05, 0) is 48.0 Å². The van der Waals surface area contributed by atoms with Gasteiger partial charge in [0, 0.05) is 24.5 Å². The maximum atomic E-state index is 13.4. The molecular formula is C22H20ClN3O3S. The van der Waals surface area contributed by atoms with Crippen LogP contribution in [0.15, 0.2) is 90.6 Å². The number of benzene rings is 2. The number of nitrogens with one attached hydrogen (secondary N) is 1. The molecule has 3 rings (SSSR count). The molecule has 6 nitrogen and oxygen atoms in total.